The van der Waals surface area contributed by atoms with E-state index in [1.807, 2.05) is 6.07 Å². The fourth-order valence-electron chi connectivity index (χ4n) is 2.94. The highest BCUT2D eigenvalue weighted by atomic mass is 16.5. The van der Waals surface area contributed by atoms with E-state index in [-0.39, 0.29) is 5.54 Å². The van der Waals surface area contributed by atoms with E-state index in [4.69, 9.17) is 9.47 Å². The lowest BCUT2D eigenvalue weighted by atomic mass is 9.82. The quantitative estimate of drug-likeness (QED) is 0.918. The largest absolute Gasteiger partial charge is 0.480 e. The number of aromatic nitrogens is 2. The van der Waals surface area contributed by atoms with Crippen LogP contribution in [-0.2, 0) is 16.8 Å². The molecule has 1 N–H and O–H groups in total. The monoisotopic (exact) mass is 299 g/mol. The highest BCUT2D eigenvalue weighted by molar-refractivity contribution is 5.26. The Labute approximate surface area is 130 Å². The molecule has 0 aliphatic carbocycles. The number of nitrogens with zero attached hydrogens (tertiary/aromatic N) is 2. The second-order valence-electron chi connectivity index (χ2n) is 5.43. The molecule has 1 aliphatic rings. The molecule has 0 bridgehead atoms. The van der Waals surface area contributed by atoms with Crippen LogP contribution < -0.4 is 10.1 Å². The zero-order valence-electron chi connectivity index (χ0n) is 12.8. The van der Waals surface area contributed by atoms with E-state index in [1.54, 1.807) is 19.5 Å². The molecule has 5 nitrogen and oxygen atoms in total. The minimum atomic E-state index is -0.0813. The minimum absolute atomic E-state index is 0.0813. The van der Waals surface area contributed by atoms with E-state index < -0.39 is 0 Å². The van der Waals surface area contributed by atoms with E-state index in [0.29, 0.717) is 12.4 Å². The van der Waals surface area contributed by atoms with E-state index in [1.165, 1.54) is 5.56 Å². The van der Waals surface area contributed by atoms with Crippen molar-refractivity contribution in [3.05, 3.63) is 54.0 Å². The Morgan fingerprint density at radius 3 is 2.59 bits per heavy atom. The summed E-state index contributed by atoms with van der Waals surface area (Å²) >= 11 is 0. The van der Waals surface area contributed by atoms with Gasteiger partial charge >= 0.3 is 0 Å². The van der Waals surface area contributed by atoms with Gasteiger partial charge in [0.1, 0.15) is 5.69 Å². The molecule has 0 spiro atoms. The van der Waals surface area contributed by atoms with E-state index >= 15 is 0 Å². The van der Waals surface area contributed by atoms with Crippen molar-refractivity contribution in [2.24, 2.45) is 0 Å². The van der Waals surface area contributed by atoms with Crippen LogP contribution in [0.3, 0.4) is 0 Å². The third kappa shape index (κ3) is 3.10. The topological polar surface area (TPSA) is 56.3 Å². The molecule has 0 saturated carbocycles. The van der Waals surface area contributed by atoms with Crippen LogP contribution in [0.4, 0.5) is 0 Å². The van der Waals surface area contributed by atoms with Crippen LogP contribution in [0.1, 0.15) is 24.1 Å². The normalized spacial score (nSPS) is 17.1. The standard InChI is InChI=1S/C17H21N3O2/c1-21-16-15(18-9-10-19-16)13-20-17(7-11-22-12-8-17)14-5-3-2-4-6-14/h2-6,9-10,20H,7-8,11-13H2,1H3. The Kier molecular flexibility index (Phi) is 4.65. The zero-order valence-corrected chi connectivity index (χ0v) is 12.8. The molecule has 0 unspecified atom stereocenters. The molecular weight excluding hydrogens is 278 g/mol. The van der Waals surface area contributed by atoms with Gasteiger partial charge in [0.15, 0.2) is 0 Å². The summed E-state index contributed by atoms with van der Waals surface area (Å²) in [4.78, 5) is 8.58. The summed E-state index contributed by atoms with van der Waals surface area (Å²) in [7, 11) is 1.62. The SMILES string of the molecule is COc1nccnc1CNC1(c2ccccc2)CCOCC1. The molecule has 1 fully saturated rings. The second-order valence-corrected chi connectivity index (χ2v) is 5.43. The molecule has 1 aliphatic heterocycles. The molecule has 3 rings (SSSR count). The second kappa shape index (κ2) is 6.85. The van der Waals surface area contributed by atoms with Crippen molar-refractivity contribution in [2.45, 2.75) is 24.9 Å². The highest BCUT2D eigenvalue weighted by Crippen LogP contribution is 2.32. The molecule has 1 saturated heterocycles. The summed E-state index contributed by atoms with van der Waals surface area (Å²) in [5.41, 5.74) is 2.04. The van der Waals surface area contributed by atoms with E-state index in [2.05, 4.69) is 39.6 Å². The summed E-state index contributed by atoms with van der Waals surface area (Å²) in [6.07, 6.45) is 5.22. The van der Waals surface area contributed by atoms with Gasteiger partial charge < -0.3 is 14.8 Å². The smallest absolute Gasteiger partial charge is 0.236 e. The highest BCUT2D eigenvalue weighted by Gasteiger charge is 2.34. The lowest BCUT2D eigenvalue weighted by Gasteiger charge is -2.38. The van der Waals surface area contributed by atoms with Crippen LogP contribution in [0.5, 0.6) is 5.88 Å². The summed E-state index contributed by atoms with van der Waals surface area (Å²) in [6, 6.07) is 10.6. The maximum Gasteiger partial charge on any atom is 0.236 e. The molecule has 0 amide bonds. The third-order valence-electron chi connectivity index (χ3n) is 4.20. The molecule has 2 heterocycles. The first kappa shape index (κ1) is 14.9. The van der Waals surface area contributed by atoms with Crippen molar-refractivity contribution in [3.63, 3.8) is 0 Å². The first-order valence-electron chi connectivity index (χ1n) is 7.56. The maximum atomic E-state index is 5.55. The van der Waals surface area contributed by atoms with Crippen molar-refractivity contribution in [1.82, 2.24) is 15.3 Å². The minimum Gasteiger partial charge on any atom is -0.480 e. The number of hydrogen-bond acceptors (Lipinski definition) is 5. The predicted molar refractivity (Wildman–Crippen MR) is 83.6 cm³/mol. The lowest BCUT2D eigenvalue weighted by molar-refractivity contribution is 0.0355. The average Bonchev–Trinajstić information content (AvgIpc) is 2.62. The summed E-state index contributed by atoms with van der Waals surface area (Å²) < 4.78 is 10.8. The number of rotatable bonds is 5. The van der Waals surface area contributed by atoms with Gasteiger partial charge in [-0.25, -0.2) is 4.98 Å². The van der Waals surface area contributed by atoms with Gasteiger partial charge in [0.2, 0.25) is 5.88 Å². The first-order chi connectivity index (χ1) is 10.8. The molecule has 1 aromatic carbocycles. The summed E-state index contributed by atoms with van der Waals surface area (Å²) in [5.74, 6) is 0.574. The van der Waals surface area contributed by atoms with Crippen molar-refractivity contribution in [1.29, 1.82) is 0 Å². The lowest BCUT2D eigenvalue weighted by Crippen LogP contribution is -2.46. The molecular formula is C17H21N3O2. The van der Waals surface area contributed by atoms with Crippen LogP contribution in [-0.4, -0.2) is 30.3 Å². The fraction of sp³-hybridized carbons (Fsp3) is 0.412. The summed E-state index contributed by atoms with van der Waals surface area (Å²) in [6.45, 7) is 2.14. The molecule has 0 radical (unpaired) electrons. The van der Waals surface area contributed by atoms with Gasteiger partial charge in [-0.2, -0.15) is 0 Å². The van der Waals surface area contributed by atoms with E-state index in [9.17, 15) is 0 Å². The molecule has 2 aromatic rings. The molecule has 116 valence electrons. The molecule has 22 heavy (non-hydrogen) atoms. The van der Waals surface area contributed by atoms with Crippen molar-refractivity contribution in [2.75, 3.05) is 20.3 Å². The first-order valence-corrected chi connectivity index (χ1v) is 7.56. The number of hydrogen-bond donors (Lipinski definition) is 1. The van der Waals surface area contributed by atoms with Crippen LogP contribution in [0.25, 0.3) is 0 Å². The molecule has 1 aromatic heterocycles. The van der Waals surface area contributed by atoms with Crippen molar-refractivity contribution >= 4 is 0 Å². The Morgan fingerprint density at radius 2 is 1.86 bits per heavy atom. The Morgan fingerprint density at radius 1 is 1.14 bits per heavy atom. The van der Waals surface area contributed by atoms with Crippen molar-refractivity contribution < 1.29 is 9.47 Å². The molecule has 5 heteroatoms. The van der Waals surface area contributed by atoms with Gasteiger partial charge in [0.05, 0.1) is 7.11 Å². The summed E-state index contributed by atoms with van der Waals surface area (Å²) in [5, 5.41) is 3.68. The number of methoxy groups -OCH3 is 1. The van der Waals surface area contributed by atoms with Crippen LogP contribution in [0.15, 0.2) is 42.7 Å². The molecule has 0 atom stereocenters. The number of nitrogens with one attached hydrogen (secondary N) is 1. The van der Waals surface area contributed by atoms with Crippen LogP contribution in [0, 0.1) is 0 Å². The average molecular weight is 299 g/mol. The van der Waals surface area contributed by atoms with E-state index in [0.717, 1.165) is 31.7 Å². The third-order valence-corrected chi connectivity index (χ3v) is 4.20. The fourth-order valence-corrected chi connectivity index (χ4v) is 2.94. The van der Waals surface area contributed by atoms with Gasteiger partial charge in [-0.05, 0) is 18.4 Å². The number of ether oxygens (including phenoxy) is 2. The van der Waals surface area contributed by atoms with Crippen LogP contribution >= 0.6 is 0 Å². The Hall–Kier alpha value is -1.98. The van der Waals surface area contributed by atoms with Gasteiger partial charge in [-0.1, -0.05) is 30.3 Å². The van der Waals surface area contributed by atoms with Gasteiger partial charge in [-0.3, -0.25) is 4.98 Å². The van der Waals surface area contributed by atoms with Crippen LogP contribution in [0.2, 0.25) is 0 Å². The zero-order chi connectivity index (χ0) is 15.3. The number of benzene rings is 1. The van der Waals surface area contributed by atoms with Gasteiger partial charge in [-0.15, -0.1) is 0 Å². The Bertz CT molecular complexity index is 598. The van der Waals surface area contributed by atoms with Gasteiger partial charge in [0.25, 0.3) is 0 Å². The predicted octanol–water partition coefficient (Wildman–Crippen LogP) is 2.28. The van der Waals surface area contributed by atoms with Gasteiger partial charge in [0, 0.05) is 37.7 Å². The maximum absolute atomic E-state index is 5.55. The Balaban J connectivity index is 1.82. The van der Waals surface area contributed by atoms with Crippen molar-refractivity contribution in [3.8, 4) is 5.88 Å².